The Kier molecular flexibility index (Phi) is 5.61. The summed E-state index contributed by atoms with van der Waals surface area (Å²) in [6.07, 6.45) is 3.62. The first-order chi connectivity index (χ1) is 9.69. The van der Waals surface area contributed by atoms with E-state index in [9.17, 15) is 0 Å². The van der Waals surface area contributed by atoms with Crippen molar-refractivity contribution in [1.82, 2.24) is 9.97 Å². The fraction of sp³-hybridized carbons (Fsp3) is 0.429. The number of anilines is 2. The van der Waals surface area contributed by atoms with Gasteiger partial charge in [0, 0.05) is 23.9 Å². The molecule has 2 aromatic heterocycles. The van der Waals surface area contributed by atoms with Crippen LogP contribution in [0.2, 0.25) is 5.02 Å². The second kappa shape index (κ2) is 7.45. The SMILES string of the molecule is CCCNc1ncc(Cl)c(NC(C)Cc2cccs2)n1. The number of hydrogen-bond donors (Lipinski definition) is 2. The van der Waals surface area contributed by atoms with Gasteiger partial charge in [-0.2, -0.15) is 4.98 Å². The van der Waals surface area contributed by atoms with Gasteiger partial charge in [-0.3, -0.25) is 0 Å². The molecule has 2 N–H and O–H groups in total. The van der Waals surface area contributed by atoms with Gasteiger partial charge in [0.25, 0.3) is 0 Å². The summed E-state index contributed by atoms with van der Waals surface area (Å²) >= 11 is 7.91. The summed E-state index contributed by atoms with van der Waals surface area (Å²) in [6, 6.07) is 4.47. The van der Waals surface area contributed by atoms with Crippen molar-refractivity contribution in [3.05, 3.63) is 33.6 Å². The zero-order valence-electron chi connectivity index (χ0n) is 11.7. The van der Waals surface area contributed by atoms with Gasteiger partial charge in [0.1, 0.15) is 5.02 Å². The maximum absolute atomic E-state index is 6.14. The Morgan fingerprint density at radius 2 is 2.30 bits per heavy atom. The van der Waals surface area contributed by atoms with E-state index < -0.39 is 0 Å². The Hall–Kier alpha value is -1.33. The third-order valence-corrected chi connectivity index (χ3v) is 3.92. The summed E-state index contributed by atoms with van der Waals surface area (Å²) in [7, 11) is 0. The molecule has 0 spiro atoms. The fourth-order valence-corrected chi connectivity index (χ4v) is 2.79. The first-order valence-corrected chi connectivity index (χ1v) is 8.00. The highest BCUT2D eigenvalue weighted by molar-refractivity contribution is 7.09. The molecule has 108 valence electrons. The molecule has 0 aliphatic rings. The van der Waals surface area contributed by atoms with Crippen molar-refractivity contribution in [2.45, 2.75) is 32.7 Å². The summed E-state index contributed by atoms with van der Waals surface area (Å²) in [5.41, 5.74) is 0. The van der Waals surface area contributed by atoms with Crippen molar-refractivity contribution in [1.29, 1.82) is 0 Å². The van der Waals surface area contributed by atoms with Crippen LogP contribution in [0.4, 0.5) is 11.8 Å². The highest BCUT2D eigenvalue weighted by Gasteiger charge is 2.10. The molecule has 2 rings (SSSR count). The van der Waals surface area contributed by atoms with E-state index in [1.54, 1.807) is 17.5 Å². The Morgan fingerprint density at radius 3 is 3.00 bits per heavy atom. The predicted octanol–water partition coefficient (Wildman–Crippen LogP) is 4.06. The van der Waals surface area contributed by atoms with E-state index in [0.29, 0.717) is 16.8 Å². The molecule has 0 saturated carbocycles. The lowest BCUT2D eigenvalue weighted by molar-refractivity contribution is 0.793. The van der Waals surface area contributed by atoms with Crippen molar-refractivity contribution in [2.24, 2.45) is 0 Å². The molecule has 0 radical (unpaired) electrons. The summed E-state index contributed by atoms with van der Waals surface area (Å²) in [4.78, 5) is 9.93. The van der Waals surface area contributed by atoms with Crippen molar-refractivity contribution in [3.63, 3.8) is 0 Å². The molecular formula is C14H19ClN4S. The van der Waals surface area contributed by atoms with Gasteiger partial charge >= 0.3 is 0 Å². The van der Waals surface area contributed by atoms with Crippen molar-refractivity contribution < 1.29 is 0 Å². The number of halogens is 1. The average Bonchev–Trinajstić information content (AvgIpc) is 2.92. The third kappa shape index (κ3) is 4.35. The minimum absolute atomic E-state index is 0.264. The van der Waals surface area contributed by atoms with Crippen molar-refractivity contribution in [2.75, 3.05) is 17.2 Å². The number of thiophene rings is 1. The topological polar surface area (TPSA) is 49.8 Å². The first kappa shape index (κ1) is 15.1. The second-order valence-electron chi connectivity index (χ2n) is 4.65. The minimum atomic E-state index is 0.264. The van der Waals surface area contributed by atoms with Gasteiger partial charge in [-0.1, -0.05) is 24.6 Å². The average molecular weight is 311 g/mol. The van der Waals surface area contributed by atoms with Crippen LogP contribution in [0.5, 0.6) is 0 Å². The molecule has 0 aliphatic heterocycles. The molecule has 0 aromatic carbocycles. The molecule has 4 nitrogen and oxygen atoms in total. The Balaban J connectivity index is 2.00. The number of nitrogens with zero attached hydrogens (tertiary/aromatic N) is 2. The molecule has 1 atom stereocenters. The van der Waals surface area contributed by atoms with Crippen LogP contribution in [-0.2, 0) is 6.42 Å². The number of nitrogens with one attached hydrogen (secondary N) is 2. The lowest BCUT2D eigenvalue weighted by atomic mass is 10.2. The summed E-state index contributed by atoms with van der Waals surface area (Å²) in [5, 5.41) is 9.15. The number of hydrogen-bond acceptors (Lipinski definition) is 5. The maximum Gasteiger partial charge on any atom is 0.224 e. The Labute approximate surface area is 128 Å². The van der Waals surface area contributed by atoms with Crippen molar-refractivity contribution >= 4 is 34.7 Å². The van der Waals surface area contributed by atoms with Crippen LogP contribution in [0.3, 0.4) is 0 Å². The van der Waals surface area contributed by atoms with E-state index in [-0.39, 0.29) is 6.04 Å². The van der Waals surface area contributed by atoms with E-state index >= 15 is 0 Å². The van der Waals surface area contributed by atoms with E-state index in [4.69, 9.17) is 11.6 Å². The highest BCUT2D eigenvalue weighted by atomic mass is 35.5. The van der Waals surface area contributed by atoms with E-state index in [1.807, 2.05) is 0 Å². The quantitative estimate of drug-likeness (QED) is 0.810. The van der Waals surface area contributed by atoms with Gasteiger partial charge in [-0.25, -0.2) is 4.98 Å². The molecule has 0 aliphatic carbocycles. The molecule has 2 heterocycles. The lowest BCUT2D eigenvalue weighted by Crippen LogP contribution is -2.19. The molecular weight excluding hydrogens is 292 g/mol. The summed E-state index contributed by atoms with van der Waals surface area (Å²) in [5.74, 6) is 1.30. The van der Waals surface area contributed by atoms with Gasteiger partial charge in [-0.05, 0) is 24.8 Å². The van der Waals surface area contributed by atoms with Gasteiger partial charge in [-0.15, -0.1) is 11.3 Å². The van der Waals surface area contributed by atoms with Crippen LogP contribution in [0.15, 0.2) is 23.7 Å². The van der Waals surface area contributed by atoms with E-state index in [0.717, 1.165) is 19.4 Å². The molecule has 20 heavy (non-hydrogen) atoms. The minimum Gasteiger partial charge on any atom is -0.366 e. The van der Waals surface area contributed by atoms with Crippen LogP contribution in [0.1, 0.15) is 25.1 Å². The Morgan fingerprint density at radius 1 is 1.45 bits per heavy atom. The highest BCUT2D eigenvalue weighted by Crippen LogP contribution is 2.21. The van der Waals surface area contributed by atoms with Gasteiger partial charge in [0.15, 0.2) is 5.82 Å². The second-order valence-corrected chi connectivity index (χ2v) is 6.09. The number of rotatable bonds is 7. The standard InChI is InChI=1S/C14H19ClN4S/c1-3-6-16-14-17-9-12(15)13(19-14)18-10(2)8-11-5-4-7-20-11/h4-5,7,9-10H,3,6,8H2,1-2H3,(H2,16,17,18,19). The van der Waals surface area contributed by atoms with Crippen molar-refractivity contribution in [3.8, 4) is 0 Å². The normalized spacial score (nSPS) is 12.2. The van der Waals surface area contributed by atoms with Crippen LogP contribution >= 0.6 is 22.9 Å². The molecule has 2 aromatic rings. The molecule has 0 fully saturated rings. The summed E-state index contributed by atoms with van der Waals surface area (Å²) in [6.45, 7) is 5.08. The van der Waals surface area contributed by atoms with Gasteiger partial charge in [0.2, 0.25) is 5.95 Å². The smallest absolute Gasteiger partial charge is 0.224 e. The van der Waals surface area contributed by atoms with Gasteiger partial charge < -0.3 is 10.6 Å². The Bertz CT molecular complexity index is 530. The zero-order chi connectivity index (χ0) is 14.4. The summed E-state index contributed by atoms with van der Waals surface area (Å²) < 4.78 is 0. The van der Waals surface area contributed by atoms with E-state index in [1.165, 1.54) is 4.88 Å². The monoisotopic (exact) mass is 310 g/mol. The fourth-order valence-electron chi connectivity index (χ4n) is 1.81. The van der Waals surface area contributed by atoms with Crippen LogP contribution in [-0.4, -0.2) is 22.6 Å². The maximum atomic E-state index is 6.14. The molecule has 1 unspecified atom stereocenters. The third-order valence-electron chi connectivity index (χ3n) is 2.75. The molecule has 0 saturated heterocycles. The number of aromatic nitrogens is 2. The zero-order valence-corrected chi connectivity index (χ0v) is 13.3. The van der Waals surface area contributed by atoms with Gasteiger partial charge in [0.05, 0.1) is 6.20 Å². The van der Waals surface area contributed by atoms with Crippen LogP contribution < -0.4 is 10.6 Å². The molecule has 6 heteroatoms. The van der Waals surface area contributed by atoms with Crippen LogP contribution in [0.25, 0.3) is 0 Å². The van der Waals surface area contributed by atoms with Crippen LogP contribution in [0, 0.1) is 0 Å². The predicted molar refractivity (Wildman–Crippen MR) is 86.9 cm³/mol. The first-order valence-electron chi connectivity index (χ1n) is 6.74. The molecule has 0 amide bonds. The van der Waals surface area contributed by atoms with E-state index in [2.05, 4.69) is 52.0 Å². The molecule has 0 bridgehead atoms. The largest absolute Gasteiger partial charge is 0.366 e. The lowest BCUT2D eigenvalue weighted by Gasteiger charge is -2.15.